The van der Waals surface area contributed by atoms with Crippen LogP contribution < -0.4 is 11.2 Å². The molecule has 0 saturated carbocycles. The van der Waals surface area contributed by atoms with E-state index in [-0.39, 0.29) is 49.3 Å². The molecule has 2 heterocycles. The Hall–Kier alpha value is -3.09. The molecule has 0 unspecified atom stereocenters. The maximum atomic E-state index is 14.8. The van der Waals surface area contributed by atoms with Crippen LogP contribution in [0.1, 0.15) is 11.3 Å². The molecule has 4 rings (SSSR count). The van der Waals surface area contributed by atoms with E-state index in [1.807, 2.05) is 0 Å². The van der Waals surface area contributed by atoms with Crippen LogP contribution in [0.3, 0.4) is 0 Å². The van der Waals surface area contributed by atoms with Crippen molar-refractivity contribution in [3.63, 3.8) is 0 Å². The SMILES string of the molecule is Cn1c(C(F)(F)F)cc(=O)n(-c2cc(N=C3SCC(=O)N3Cc3cccc(Cl)c3)c(Cl)cc2F)c1=O. The molecule has 7 nitrogen and oxygen atoms in total. The van der Waals surface area contributed by atoms with Crippen LogP contribution in [0, 0.1) is 5.82 Å². The Morgan fingerprint density at radius 2 is 1.81 bits per heavy atom. The molecule has 1 aliphatic heterocycles. The summed E-state index contributed by atoms with van der Waals surface area (Å²) >= 11 is 13.2. The number of hydrogen-bond donors (Lipinski definition) is 0. The minimum absolute atomic E-state index is 0.0734. The van der Waals surface area contributed by atoms with Crippen LogP contribution in [0.2, 0.25) is 10.0 Å². The number of amidine groups is 1. The third-order valence-corrected chi connectivity index (χ3v) is 6.67. The Morgan fingerprint density at radius 1 is 1.08 bits per heavy atom. The number of hydrogen-bond acceptors (Lipinski definition) is 5. The van der Waals surface area contributed by atoms with Crippen LogP contribution in [0.4, 0.5) is 23.2 Å². The minimum atomic E-state index is -4.97. The maximum absolute atomic E-state index is 14.8. The van der Waals surface area contributed by atoms with Gasteiger partial charge in [-0.3, -0.25) is 19.1 Å². The summed E-state index contributed by atoms with van der Waals surface area (Å²) in [5, 5.41) is 0.482. The van der Waals surface area contributed by atoms with Gasteiger partial charge in [0.25, 0.3) is 5.56 Å². The highest BCUT2D eigenvalue weighted by atomic mass is 35.5. The summed E-state index contributed by atoms with van der Waals surface area (Å²) in [7, 11) is 0.810. The molecule has 3 aromatic rings. The number of aromatic nitrogens is 2. The molecule has 1 aliphatic rings. The van der Waals surface area contributed by atoms with E-state index < -0.39 is 34.6 Å². The van der Waals surface area contributed by atoms with Gasteiger partial charge >= 0.3 is 11.9 Å². The van der Waals surface area contributed by atoms with Gasteiger partial charge in [-0.05, 0) is 29.8 Å². The molecule has 1 aromatic heterocycles. The zero-order valence-electron chi connectivity index (χ0n) is 18.1. The summed E-state index contributed by atoms with van der Waals surface area (Å²) in [6.07, 6.45) is -4.97. The number of aliphatic imine (C=N–C) groups is 1. The Balaban J connectivity index is 1.80. The fraction of sp³-hybridized carbons (Fsp3) is 0.182. The zero-order valence-corrected chi connectivity index (χ0v) is 20.5. The van der Waals surface area contributed by atoms with Gasteiger partial charge in [-0.15, -0.1) is 0 Å². The molecule has 1 saturated heterocycles. The molecule has 0 atom stereocenters. The first-order chi connectivity index (χ1) is 16.9. The highest BCUT2D eigenvalue weighted by molar-refractivity contribution is 8.15. The standard InChI is InChI=1S/C22H14Cl2F4N4O3S/c1-30-17(22(26,27)28)8-18(33)32(21(30)35)16-7-15(13(24)6-14(16)25)29-20-31(19(34)10-36-20)9-11-3-2-4-12(23)5-11/h2-8H,9-10H2,1H3. The lowest BCUT2D eigenvalue weighted by molar-refractivity contribution is -0.144. The van der Waals surface area contributed by atoms with Crippen molar-refractivity contribution in [2.24, 2.45) is 12.0 Å². The molecule has 1 amide bonds. The van der Waals surface area contributed by atoms with Gasteiger partial charge in [0.2, 0.25) is 5.91 Å². The van der Waals surface area contributed by atoms with Gasteiger partial charge in [-0.25, -0.2) is 18.7 Å². The van der Waals surface area contributed by atoms with Crippen LogP contribution in [0.15, 0.2) is 57.0 Å². The Kier molecular flexibility index (Phi) is 7.04. The van der Waals surface area contributed by atoms with Crippen molar-refractivity contribution in [2.75, 3.05) is 5.75 Å². The van der Waals surface area contributed by atoms with Crippen LogP contribution in [-0.4, -0.2) is 30.9 Å². The van der Waals surface area contributed by atoms with Gasteiger partial charge in [0.1, 0.15) is 11.5 Å². The Labute approximate surface area is 214 Å². The second-order valence-corrected chi connectivity index (χ2v) is 9.38. The first kappa shape index (κ1) is 26.0. The van der Waals surface area contributed by atoms with Crippen molar-refractivity contribution >= 4 is 51.7 Å². The van der Waals surface area contributed by atoms with Crippen LogP contribution in [0.25, 0.3) is 5.69 Å². The van der Waals surface area contributed by atoms with Gasteiger partial charge in [-0.1, -0.05) is 47.1 Å². The number of benzene rings is 2. The molecular formula is C22H14Cl2F4N4O3S. The lowest BCUT2D eigenvalue weighted by atomic mass is 10.2. The van der Waals surface area contributed by atoms with Gasteiger partial charge in [0.05, 0.1) is 28.7 Å². The number of amides is 1. The van der Waals surface area contributed by atoms with Crippen molar-refractivity contribution in [3.05, 3.63) is 90.4 Å². The number of rotatable bonds is 4. The first-order valence-corrected chi connectivity index (χ1v) is 11.8. The maximum Gasteiger partial charge on any atom is 0.431 e. The highest BCUT2D eigenvalue weighted by Gasteiger charge is 2.35. The first-order valence-electron chi connectivity index (χ1n) is 10.0. The number of halogens is 6. The van der Waals surface area contributed by atoms with Crippen LogP contribution in [0.5, 0.6) is 0 Å². The third-order valence-electron chi connectivity index (χ3n) is 5.17. The molecule has 0 aliphatic carbocycles. The molecule has 0 N–H and O–H groups in total. The van der Waals surface area contributed by atoms with E-state index in [2.05, 4.69) is 4.99 Å². The Bertz CT molecular complexity index is 1540. The quantitative estimate of drug-likeness (QED) is 0.431. The summed E-state index contributed by atoms with van der Waals surface area (Å²) in [6, 6.07) is 8.76. The predicted octanol–water partition coefficient (Wildman–Crippen LogP) is 4.76. The summed E-state index contributed by atoms with van der Waals surface area (Å²) in [5.74, 6) is -1.32. The van der Waals surface area contributed by atoms with E-state index in [0.717, 1.165) is 36.5 Å². The van der Waals surface area contributed by atoms with E-state index >= 15 is 0 Å². The third kappa shape index (κ3) is 5.06. The highest BCUT2D eigenvalue weighted by Crippen LogP contribution is 2.33. The number of alkyl halides is 3. The topological polar surface area (TPSA) is 76.7 Å². The summed E-state index contributed by atoms with van der Waals surface area (Å²) in [5.41, 5.74) is -4.32. The average molecular weight is 561 g/mol. The van der Waals surface area contributed by atoms with E-state index in [0.29, 0.717) is 5.02 Å². The van der Waals surface area contributed by atoms with Crippen LogP contribution in [-0.2, 0) is 24.6 Å². The summed E-state index contributed by atoms with van der Waals surface area (Å²) in [6.45, 7) is 0.135. The second-order valence-electron chi connectivity index (χ2n) is 7.59. The fourth-order valence-corrected chi connectivity index (χ4v) is 4.76. The van der Waals surface area contributed by atoms with Crippen molar-refractivity contribution in [2.45, 2.75) is 12.7 Å². The van der Waals surface area contributed by atoms with Gasteiger partial charge in [0, 0.05) is 18.1 Å². The number of carbonyl (C=O) groups is 1. The minimum Gasteiger partial charge on any atom is -0.292 e. The summed E-state index contributed by atoms with van der Waals surface area (Å²) < 4.78 is 54.7. The normalized spacial score (nSPS) is 15.2. The molecule has 0 spiro atoms. The molecule has 14 heteroatoms. The lowest BCUT2D eigenvalue weighted by Crippen LogP contribution is -2.41. The van der Waals surface area contributed by atoms with Gasteiger partial charge < -0.3 is 0 Å². The van der Waals surface area contributed by atoms with E-state index in [1.165, 1.54) is 4.90 Å². The van der Waals surface area contributed by atoms with Gasteiger partial charge in [0.15, 0.2) is 5.17 Å². The van der Waals surface area contributed by atoms with Crippen molar-refractivity contribution in [1.82, 2.24) is 14.0 Å². The second kappa shape index (κ2) is 9.75. The number of carbonyl (C=O) groups excluding carboxylic acids is 1. The van der Waals surface area contributed by atoms with Crippen molar-refractivity contribution in [3.8, 4) is 5.69 Å². The Morgan fingerprint density at radius 3 is 2.47 bits per heavy atom. The van der Waals surface area contributed by atoms with E-state index in [9.17, 15) is 31.9 Å². The number of thioether (sulfide) groups is 1. The molecule has 188 valence electrons. The zero-order chi connectivity index (χ0) is 26.4. The number of nitrogens with zero attached hydrogens (tertiary/aromatic N) is 4. The molecule has 0 radical (unpaired) electrons. The average Bonchev–Trinajstić information content (AvgIpc) is 3.12. The monoisotopic (exact) mass is 560 g/mol. The van der Waals surface area contributed by atoms with Gasteiger partial charge in [-0.2, -0.15) is 13.2 Å². The van der Waals surface area contributed by atoms with E-state index in [4.69, 9.17) is 23.2 Å². The van der Waals surface area contributed by atoms with Crippen molar-refractivity contribution < 1.29 is 22.4 Å². The van der Waals surface area contributed by atoms with Crippen molar-refractivity contribution in [1.29, 1.82) is 0 Å². The smallest absolute Gasteiger partial charge is 0.292 e. The molecule has 1 fully saturated rings. The largest absolute Gasteiger partial charge is 0.431 e. The predicted molar refractivity (Wildman–Crippen MR) is 129 cm³/mol. The molecule has 2 aromatic carbocycles. The van der Waals surface area contributed by atoms with E-state index in [1.54, 1.807) is 24.3 Å². The lowest BCUT2D eigenvalue weighted by Gasteiger charge is -2.17. The molecule has 36 heavy (non-hydrogen) atoms. The molecule has 0 bridgehead atoms. The molecular weight excluding hydrogens is 547 g/mol. The van der Waals surface area contributed by atoms with Crippen LogP contribution >= 0.6 is 35.0 Å². The fourth-order valence-electron chi connectivity index (χ4n) is 3.46. The summed E-state index contributed by atoms with van der Waals surface area (Å²) in [4.78, 5) is 43.2.